The van der Waals surface area contributed by atoms with Crippen LogP contribution in [0.25, 0.3) is 0 Å². The molecule has 2 nitrogen and oxygen atoms in total. The average Bonchev–Trinajstić information content (AvgIpc) is 2.29. The van der Waals surface area contributed by atoms with Gasteiger partial charge in [0.2, 0.25) is 0 Å². The minimum absolute atomic E-state index is 0.776. The SMILES string of the molecule is C1=CCC2CCC3CNCCN3C2=C1. The predicted octanol–water partition coefficient (Wildman–Crippen LogP) is 1.51. The zero-order valence-corrected chi connectivity index (χ0v) is 8.58. The highest BCUT2D eigenvalue weighted by molar-refractivity contribution is 5.23. The number of piperidine rings is 1. The molecule has 0 radical (unpaired) electrons. The monoisotopic (exact) mass is 190 g/mol. The first-order valence-electron chi connectivity index (χ1n) is 5.79. The number of fused-ring (bicyclic) bond motifs is 3. The van der Waals surface area contributed by atoms with Crippen LogP contribution in [0, 0.1) is 5.92 Å². The maximum Gasteiger partial charge on any atom is 0.0412 e. The van der Waals surface area contributed by atoms with Crippen molar-refractivity contribution in [3.63, 3.8) is 0 Å². The van der Waals surface area contributed by atoms with Crippen LogP contribution in [0.4, 0.5) is 0 Å². The molecule has 2 fully saturated rings. The summed E-state index contributed by atoms with van der Waals surface area (Å²) in [5.41, 5.74) is 1.62. The Labute approximate surface area is 85.7 Å². The number of nitrogens with one attached hydrogen (secondary N) is 1. The van der Waals surface area contributed by atoms with Gasteiger partial charge in [0.15, 0.2) is 0 Å². The number of allylic oxidation sites excluding steroid dienone is 4. The smallest absolute Gasteiger partial charge is 0.0412 e. The van der Waals surface area contributed by atoms with Gasteiger partial charge >= 0.3 is 0 Å². The van der Waals surface area contributed by atoms with Crippen LogP contribution >= 0.6 is 0 Å². The van der Waals surface area contributed by atoms with Gasteiger partial charge in [-0.25, -0.2) is 0 Å². The zero-order chi connectivity index (χ0) is 9.38. The Morgan fingerprint density at radius 3 is 3.36 bits per heavy atom. The molecule has 0 bridgehead atoms. The molecule has 0 saturated carbocycles. The summed E-state index contributed by atoms with van der Waals surface area (Å²) < 4.78 is 0. The molecule has 0 aromatic heterocycles. The number of rotatable bonds is 0. The lowest BCUT2D eigenvalue weighted by Crippen LogP contribution is -2.53. The highest BCUT2D eigenvalue weighted by Gasteiger charge is 2.33. The maximum atomic E-state index is 3.49. The Bertz CT molecular complexity index is 280. The first-order chi connectivity index (χ1) is 6.95. The Kier molecular flexibility index (Phi) is 2.09. The van der Waals surface area contributed by atoms with Crippen molar-refractivity contribution in [1.29, 1.82) is 0 Å². The van der Waals surface area contributed by atoms with Gasteiger partial charge in [0, 0.05) is 37.3 Å². The van der Waals surface area contributed by atoms with E-state index in [0.29, 0.717) is 0 Å². The van der Waals surface area contributed by atoms with Gasteiger partial charge in [-0.3, -0.25) is 0 Å². The summed E-state index contributed by atoms with van der Waals surface area (Å²) in [5, 5.41) is 3.49. The number of hydrogen-bond acceptors (Lipinski definition) is 2. The highest BCUT2D eigenvalue weighted by Crippen LogP contribution is 2.35. The van der Waals surface area contributed by atoms with Crippen LogP contribution in [0.5, 0.6) is 0 Å². The Morgan fingerprint density at radius 2 is 2.36 bits per heavy atom. The topological polar surface area (TPSA) is 15.3 Å². The maximum absolute atomic E-state index is 3.49. The lowest BCUT2D eigenvalue weighted by molar-refractivity contribution is 0.136. The molecule has 0 aromatic rings. The molecule has 76 valence electrons. The summed E-state index contributed by atoms with van der Waals surface area (Å²) in [7, 11) is 0. The van der Waals surface area contributed by atoms with Gasteiger partial charge in [-0.2, -0.15) is 0 Å². The molecule has 0 amide bonds. The van der Waals surface area contributed by atoms with E-state index in [4.69, 9.17) is 0 Å². The Balaban J connectivity index is 1.87. The van der Waals surface area contributed by atoms with E-state index in [1.54, 1.807) is 5.70 Å². The van der Waals surface area contributed by atoms with Gasteiger partial charge in [0.1, 0.15) is 0 Å². The number of piperazine rings is 1. The third kappa shape index (κ3) is 1.29. The van der Waals surface area contributed by atoms with Crippen LogP contribution in [-0.4, -0.2) is 30.6 Å². The van der Waals surface area contributed by atoms with Crippen LogP contribution in [0.1, 0.15) is 19.3 Å². The molecule has 1 aliphatic carbocycles. The van der Waals surface area contributed by atoms with Crippen molar-refractivity contribution < 1.29 is 0 Å². The Hall–Kier alpha value is -0.760. The molecule has 2 aliphatic heterocycles. The zero-order valence-electron chi connectivity index (χ0n) is 8.58. The molecule has 1 N–H and O–H groups in total. The lowest BCUT2D eigenvalue weighted by Gasteiger charge is -2.46. The summed E-state index contributed by atoms with van der Waals surface area (Å²) >= 11 is 0. The van der Waals surface area contributed by atoms with Crippen LogP contribution in [-0.2, 0) is 0 Å². The van der Waals surface area contributed by atoms with Crippen molar-refractivity contribution in [2.45, 2.75) is 25.3 Å². The molecule has 0 aromatic carbocycles. The van der Waals surface area contributed by atoms with Crippen LogP contribution in [0.2, 0.25) is 0 Å². The molecule has 2 heterocycles. The molecule has 0 spiro atoms. The van der Waals surface area contributed by atoms with Gasteiger partial charge in [0.25, 0.3) is 0 Å². The normalized spacial score (nSPS) is 36.0. The fourth-order valence-electron chi connectivity index (χ4n) is 3.01. The van der Waals surface area contributed by atoms with Crippen LogP contribution in [0.15, 0.2) is 23.9 Å². The van der Waals surface area contributed by atoms with Crippen molar-refractivity contribution >= 4 is 0 Å². The van der Waals surface area contributed by atoms with Crippen molar-refractivity contribution in [2.75, 3.05) is 19.6 Å². The van der Waals surface area contributed by atoms with Gasteiger partial charge in [-0.15, -0.1) is 0 Å². The fraction of sp³-hybridized carbons (Fsp3) is 0.667. The summed E-state index contributed by atoms with van der Waals surface area (Å²) in [6, 6.07) is 0.776. The van der Waals surface area contributed by atoms with Gasteiger partial charge in [-0.1, -0.05) is 12.2 Å². The first-order valence-corrected chi connectivity index (χ1v) is 5.79. The minimum atomic E-state index is 0.776. The molecular formula is C12H18N2. The van der Waals surface area contributed by atoms with E-state index in [-0.39, 0.29) is 0 Å². The van der Waals surface area contributed by atoms with Crippen molar-refractivity contribution in [3.8, 4) is 0 Å². The number of nitrogens with zero attached hydrogens (tertiary/aromatic N) is 1. The van der Waals surface area contributed by atoms with E-state index in [0.717, 1.165) is 18.5 Å². The molecule has 2 heteroatoms. The fourth-order valence-corrected chi connectivity index (χ4v) is 3.01. The molecule has 2 saturated heterocycles. The van der Waals surface area contributed by atoms with Crippen LogP contribution < -0.4 is 5.32 Å². The average molecular weight is 190 g/mol. The van der Waals surface area contributed by atoms with Crippen molar-refractivity contribution in [2.24, 2.45) is 5.92 Å². The van der Waals surface area contributed by atoms with E-state index in [1.165, 1.54) is 32.4 Å². The largest absolute Gasteiger partial charge is 0.369 e. The molecule has 2 atom stereocenters. The first kappa shape index (κ1) is 8.54. The second kappa shape index (κ2) is 3.43. The van der Waals surface area contributed by atoms with E-state index >= 15 is 0 Å². The summed E-state index contributed by atoms with van der Waals surface area (Å²) in [5.74, 6) is 0.828. The molecular weight excluding hydrogens is 172 g/mol. The Morgan fingerprint density at radius 1 is 1.36 bits per heavy atom. The van der Waals surface area contributed by atoms with E-state index < -0.39 is 0 Å². The second-order valence-electron chi connectivity index (χ2n) is 4.58. The molecule has 14 heavy (non-hydrogen) atoms. The van der Waals surface area contributed by atoms with E-state index in [2.05, 4.69) is 28.4 Å². The standard InChI is InChI=1S/C12H18N2/c1-2-4-12-10(3-1)5-6-11-9-13-7-8-14(11)12/h1-2,4,10-11,13H,3,5-9H2. The van der Waals surface area contributed by atoms with Gasteiger partial charge < -0.3 is 10.2 Å². The second-order valence-corrected chi connectivity index (χ2v) is 4.58. The highest BCUT2D eigenvalue weighted by atomic mass is 15.2. The van der Waals surface area contributed by atoms with Crippen molar-refractivity contribution in [3.05, 3.63) is 23.9 Å². The van der Waals surface area contributed by atoms with E-state index in [9.17, 15) is 0 Å². The third-order valence-corrected chi connectivity index (χ3v) is 3.77. The molecule has 3 aliphatic rings. The van der Waals surface area contributed by atoms with Gasteiger partial charge in [0.05, 0.1) is 0 Å². The number of hydrogen-bond donors (Lipinski definition) is 1. The van der Waals surface area contributed by atoms with Gasteiger partial charge in [-0.05, 0) is 25.3 Å². The van der Waals surface area contributed by atoms with Crippen LogP contribution in [0.3, 0.4) is 0 Å². The molecule has 3 rings (SSSR count). The molecule has 2 unspecified atom stereocenters. The summed E-state index contributed by atoms with van der Waals surface area (Å²) in [6.45, 7) is 3.55. The lowest BCUT2D eigenvalue weighted by atomic mass is 9.84. The third-order valence-electron chi connectivity index (χ3n) is 3.77. The van der Waals surface area contributed by atoms with Crippen molar-refractivity contribution in [1.82, 2.24) is 10.2 Å². The minimum Gasteiger partial charge on any atom is -0.369 e. The predicted molar refractivity (Wildman–Crippen MR) is 57.9 cm³/mol. The summed E-state index contributed by atoms with van der Waals surface area (Å²) in [4.78, 5) is 2.65. The summed E-state index contributed by atoms with van der Waals surface area (Å²) in [6.07, 6.45) is 10.9. The quantitative estimate of drug-likeness (QED) is 0.623. The van der Waals surface area contributed by atoms with E-state index in [1.807, 2.05) is 0 Å².